The van der Waals surface area contributed by atoms with Crippen LogP contribution in [0.3, 0.4) is 0 Å². The van der Waals surface area contributed by atoms with Gasteiger partial charge in [0.25, 0.3) is 0 Å². The Balaban J connectivity index is 1.87. The van der Waals surface area contributed by atoms with Crippen LogP contribution >= 0.6 is 11.6 Å². The van der Waals surface area contributed by atoms with Gasteiger partial charge in [-0.15, -0.1) is 0 Å². The summed E-state index contributed by atoms with van der Waals surface area (Å²) in [6.45, 7) is 2.60. The van der Waals surface area contributed by atoms with Gasteiger partial charge in [-0.3, -0.25) is 0 Å². The Kier molecular flexibility index (Phi) is 5.08. The molecule has 0 spiro atoms. The summed E-state index contributed by atoms with van der Waals surface area (Å²) in [5, 5.41) is 4.11. The molecule has 3 N–H and O–H groups in total. The zero-order valence-electron chi connectivity index (χ0n) is 11.5. The maximum atomic E-state index is 6.00. The summed E-state index contributed by atoms with van der Waals surface area (Å²) in [7, 11) is 0. The minimum absolute atomic E-state index is 0.504. The van der Waals surface area contributed by atoms with E-state index in [1.807, 2.05) is 19.1 Å². The van der Waals surface area contributed by atoms with Crippen molar-refractivity contribution in [2.45, 2.75) is 51.6 Å². The molecule has 0 unspecified atom stereocenters. The normalized spacial score (nSPS) is 17.5. The average Bonchev–Trinajstić information content (AvgIpc) is 2.41. The molecule has 2 rings (SSSR count). The third kappa shape index (κ3) is 4.43. The molecule has 3 nitrogen and oxygen atoms in total. The highest BCUT2D eigenvalue weighted by Crippen LogP contribution is 2.18. The van der Waals surface area contributed by atoms with Gasteiger partial charge in [-0.1, -0.05) is 43.0 Å². The van der Waals surface area contributed by atoms with Crippen molar-refractivity contribution in [1.29, 1.82) is 0 Å². The molecule has 104 valence electrons. The number of nitrogens with one attached hydrogen (secondary N) is 1. The zero-order chi connectivity index (χ0) is 13.7. The molecule has 1 aromatic rings. The number of aliphatic imine (C=N–C) groups is 1. The van der Waals surface area contributed by atoms with Crippen molar-refractivity contribution in [2.24, 2.45) is 10.7 Å². The van der Waals surface area contributed by atoms with Crippen LogP contribution in [0, 0.1) is 6.92 Å². The highest BCUT2D eigenvalue weighted by molar-refractivity contribution is 6.31. The Morgan fingerprint density at radius 1 is 1.37 bits per heavy atom. The van der Waals surface area contributed by atoms with Crippen LogP contribution in [0.25, 0.3) is 0 Å². The highest BCUT2D eigenvalue weighted by Gasteiger charge is 2.13. The second-order valence-electron chi connectivity index (χ2n) is 5.26. The van der Waals surface area contributed by atoms with E-state index in [-0.39, 0.29) is 0 Å². The zero-order valence-corrected chi connectivity index (χ0v) is 12.2. The summed E-state index contributed by atoms with van der Waals surface area (Å²) in [4.78, 5) is 4.40. The SMILES string of the molecule is Cc1cc(CN=C(N)NC2CCCCC2)ccc1Cl. The van der Waals surface area contributed by atoms with Gasteiger partial charge in [0.1, 0.15) is 0 Å². The fourth-order valence-corrected chi connectivity index (χ4v) is 2.60. The predicted molar refractivity (Wildman–Crippen MR) is 81.5 cm³/mol. The number of aryl methyl sites for hydroxylation is 1. The second-order valence-corrected chi connectivity index (χ2v) is 5.67. The molecule has 0 saturated heterocycles. The smallest absolute Gasteiger partial charge is 0.189 e. The molecule has 19 heavy (non-hydrogen) atoms. The summed E-state index contributed by atoms with van der Waals surface area (Å²) in [6, 6.07) is 6.46. The number of halogens is 1. The van der Waals surface area contributed by atoms with Gasteiger partial charge in [-0.2, -0.15) is 0 Å². The van der Waals surface area contributed by atoms with Gasteiger partial charge >= 0.3 is 0 Å². The molecule has 0 aliphatic heterocycles. The van der Waals surface area contributed by atoms with Crippen LogP contribution in [0.15, 0.2) is 23.2 Å². The molecular weight excluding hydrogens is 258 g/mol. The molecule has 1 aliphatic carbocycles. The average molecular weight is 280 g/mol. The number of benzene rings is 1. The first-order valence-corrected chi connectivity index (χ1v) is 7.34. The van der Waals surface area contributed by atoms with Gasteiger partial charge in [0, 0.05) is 11.1 Å². The Labute approximate surface area is 120 Å². The first-order chi connectivity index (χ1) is 9.15. The quantitative estimate of drug-likeness (QED) is 0.658. The van der Waals surface area contributed by atoms with Gasteiger partial charge in [0.05, 0.1) is 6.54 Å². The molecule has 1 aromatic carbocycles. The van der Waals surface area contributed by atoms with E-state index in [2.05, 4.69) is 16.4 Å². The molecule has 4 heteroatoms. The minimum atomic E-state index is 0.504. The van der Waals surface area contributed by atoms with E-state index in [1.54, 1.807) is 0 Å². The number of nitrogens with two attached hydrogens (primary N) is 1. The van der Waals surface area contributed by atoms with Crippen LogP contribution in [-0.2, 0) is 6.54 Å². The number of nitrogens with zero attached hydrogens (tertiary/aromatic N) is 1. The number of guanidine groups is 1. The van der Waals surface area contributed by atoms with Gasteiger partial charge in [-0.05, 0) is 37.0 Å². The maximum absolute atomic E-state index is 6.00. The summed E-state index contributed by atoms with van der Waals surface area (Å²) in [5.74, 6) is 0.555. The topological polar surface area (TPSA) is 50.4 Å². The van der Waals surface area contributed by atoms with E-state index in [4.69, 9.17) is 17.3 Å². The van der Waals surface area contributed by atoms with Gasteiger partial charge in [-0.25, -0.2) is 4.99 Å². The number of rotatable bonds is 3. The number of hydrogen-bond donors (Lipinski definition) is 2. The maximum Gasteiger partial charge on any atom is 0.189 e. The van der Waals surface area contributed by atoms with Crippen molar-refractivity contribution in [3.8, 4) is 0 Å². The Hall–Kier alpha value is -1.22. The Morgan fingerprint density at radius 3 is 2.79 bits per heavy atom. The van der Waals surface area contributed by atoms with Crippen LogP contribution in [0.2, 0.25) is 5.02 Å². The molecule has 1 saturated carbocycles. The van der Waals surface area contributed by atoms with Crippen LogP contribution in [0.1, 0.15) is 43.2 Å². The van der Waals surface area contributed by atoms with E-state index in [9.17, 15) is 0 Å². The third-order valence-corrected chi connectivity index (χ3v) is 4.04. The molecular formula is C15H22ClN3. The van der Waals surface area contributed by atoms with E-state index < -0.39 is 0 Å². The standard InChI is InChI=1S/C15H22ClN3/c1-11-9-12(7-8-14(11)16)10-18-15(17)19-13-5-3-2-4-6-13/h7-9,13H,2-6,10H2,1H3,(H3,17,18,19). The van der Waals surface area contributed by atoms with Crippen molar-refractivity contribution in [1.82, 2.24) is 5.32 Å². The summed E-state index contributed by atoms with van der Waals surface area (Å²) < 4.78 is 0. The van der Waals surface area contributed by atoms with Gasteiger partial charge in [0.15, 0.2) is 5.96 Å². The summed E-state index contributed by atoms with van der Waals surface area (Å²) in [5.41, 5.74) is 8.14. The molecule has 0 bridgehead atoms. The minimum Gasteiger partial charge on any atom is -0.370 e. The number of hydrogen-bond acceptors (Lipinski definition) is 1. The lowest BCUT2D eigenvalue weighted by Gasteiger charge is -2.23. The molecule has 0 heterocycles. The Bertz CT molecular complexity index is 451. The lowest BCUT2D eigenvalue weighted by molar-refractivity contribution is 0.412. The predicted octanol–water partition coefficient (Wildman–Crippen LogP) is 3.39. The highest BCUT2D eigenvalue weighted by atomic mass is 35.5. The lowest BCUT2D eigenvalue weighted by Crippen LogP contribution is -2.41. The largest absolute Gasteiger partial charge is 0.370 e. The van der Waals surface area contributed by atoms with E-state index in [1.165, 1.54) is 32.1 Å². The van der Waals surface area contributed by atoms with Gasteiger partial charge in [0.2, 0.25) is 0 Å². The van der Waals surface area contributed by atoms with Crippen LogP contribution in [0.5, 0.6) is 0 Å². The van der Waals surface area contributed by atoms with E-state index in [0.717, 1.165) is 16.1 Å². The van der Waals surface area contributed by atoms with Crippen LogP contribution in [0.4, 0.5) is 0 Å². The fourth-order valence-electron chi connectivity index (χ4n) is 2.48. The molecule has 1 fully saturated rings. The Morgan fingerprint density at radius 2 is 2.11 bits per heavy atom. The summed E-state index contributed by atoms with van der Waals surface area (Å²) >= 11 is 6.00. The third-order valence-electron chi connectivity index (χ3n) is 3.61. The van der Waals surface area contributed by atoms with Crippen molar-refractivity contribution >= 4 is 17.6 Å². The second kappa shape index (κ2) is 6.80. The first-order valence-electron chi connectivity index (χ1n) is 6.96. The summed E-state index contributed by atoms with van der Waals surface area (Å²) in [6.07, 6.45) is 6.34. The van der Waals surface area contributed by atoms with E-state index >= 15 is 0 Å². The van der Waals surface area contributed by atoms with Crippen molar-refractivity contribution < 1.29 is 0 Å². The van der Waals surface area contributed by atoms with Crippen molar-refractivity contribution in [2.75, 3.05) is 0 Å². The van der Waals surface area contributed by atoms with Crippen molar-refractivity contribution in [3.63, 3.8) is 0 Å². The molecule has 0 aromatic heterocycles. The monoisotopic (exact) mass is 279 g/mol. The molecule has 0 atom stereocenters. The molecule has 0 amide bonds. The molecule has 0 radical (unpaired) electrons. The lowest BCUT2D eigenvalue weighted by atomic mass is 9.96. The first kappa shape index (κ1) is 14.2. The fraction of sp³-hybridized carbons (Fsp3) is 0.533. The van der Waals surface area contributed by atoms with Crippen LogP contribution < -0.4 is 11.1 Å². The van der Waals surface area contributed by atoms with Gasteiger partial charge < -0.3 is 11.1 Å². The van der Waals surface area contributed by atoms with Crippen LogP contribution in [-0.4, -0.2) is 12.0 Å². The van der Waals surface area contributed by atoms with Crippen molar-refractivity contribution in [3.05, 3.63) is 34.3 Å². The molecule has 1 aliphatic rings. The van der Waals surface area contributed by atoms with E-state index in [0.29, 0.717) is 18.5 Å².